The van der Waals surface area contributed by atoms with E-state index >= 15 is 0 Å². The molecule has 1 amide bonds. The number of methoxy groups -OCH3 is 1. The lowest BCUT2D eigenvalue weighted by Crippen LogP contribution is -2.29. The molecule has 3 aromatic rings. The number of aryl methyl sites for hydroxylation is 1. The number of benzene rings is 2. The van der Waals surface area contributed by atoms with Gasteiger partial charge in [-0.25, -0.2) is 0 Å². The van der Waals surface area contributed by atoms with Crippen molar-refractivity contribution in [1.29, 1.82) is 0 Å². The van der Waals surface area contributed by atoms with E-state index in [-0.39, 0.29) is 11.3 Å². The zero-order valence-electron chi connectivity index (χ0n) is 19.3. The molecule has 1 aliphatic rings. The predicted octanol–water partition coefficient (Wildman–Crippen LogP) is 4.81. The van der Waals surface area contributed by atoms with Gasteiger partial charge in [0.25, 0.3) is 11.7 Å². The fourth-order valence-electron chi connectivity index (χ4n) is 4.02. The van der Waals surface area contributed by atoms with Gasteiger partial charge in [-0.3, -0.25) is 19.5 Å². The molecule has 1 saturated heterocycles. The summed E-state index contributed by atoms with van der Waals surface area (Å²) in [5.41, 5.74) is 2.38. The van der Waals surface area contributed by atoms with Gasteiger partial charge in [-0.15, -0.1) is 0 Å². The summed E-state index contributed by atoms with van der Waals surface area (Å²) >= 11 is 0. The summed E-state index contributed by atoms with van der Waals surface area (Å²) < 4.78 is 10.9. The number of ketones is 1. The molecule has 1 N–H and O–H groups in total. The Morgan fingerprint density at radius 1 is 1.12 bits per heavy atom. The molecule has 1 aliphatic heterocycles. The van der Waals surface area contributed by atoms with Gasteiger partial charge in [0.15, 0.2) is 0 Å². The molecule has 0 saturated carbocycles. The Kier molecular flexibility index (Phi) is 6.63. The van der Waals surface area contributed by atoms with E-state index in [0.717, 1.165) is 12.0 Å². The molecule has 4 rings (SSSR count). The predicted molar refractivity (Wildman–Crippen MR) is 129 cm³/mol. The molecule has 1 fully saturated rings. The molecule has 34 heavy (non-hydrogen) atoms. The SMILES string of the molecule is CCCOc1ccc(/C(O)=C2/C(=O)C(=O)N(c3ccc(OC)cc3)C2c2cccnc2)cc1C. The van der Waals surface area contributed by atoms with E-state index in [9.17, 15) is 14.7 Å². The van der Waals surface area contributed by atoms with Crippen LogP contribution in [-0.4, -0.2) is 35.5 Å². The highest BCUT2D eigenvalue weighted by atomic mass is 16.5. The minimum atomic E-state index is -0.835. The van der Waals surface area contributed by atoms with Crippen LogP contribution in [0.2, 0.25) is 0 Å². The van der Waals surface area contributed by atoms with E-state index < -0.39 is 17.7 Å². The number of rotatable bonds is 7. The van der Waals surface area contributed by atoms with E-state index in [4.69, 9.17) is 9.47 Å². The maximum absolute atomic E-state index is 13.2. The number of carbonyl (C=O) groups excluding carboxylic acids is 2. The molecule has 1 aromatic heterocycles. The first-order chi connectivity index (χ1) is 16.5. The Hall–Kier alpha value is -4.13. The molecule has 174 valence electrons. The van der Waals surface area contributed by atoms with Crippen molar-refractivity contribution < 1.29 is 24.2 Å². The van der Waals surface area contributed by atoms with Crippen LogP contribution in [0.25, 0.3) is 5.76 Å². The highest BCUT2D eigenvalue weighted by molar-refractivity contribution is 6.51. The first kappa shape index (κ1) is 23.0. The second-order valence-electron chi connectivity index (χ2n) is 7.98. The Labute approximate surface area is 198 Å². The summed E-state index contributed by atoms with van der Waals surface area (Å²) in [6.07, 6.45) is 4.08. The van der Waals surface area contributed by atoms with Crippen molar-refractivity contribution in [3.05, 3.63) is 89.3 Å². The minimum Gasteiger partial charge on any atom is -0.507 e. The van der Waals surface area contributed by atoms with E-state index in [0.29, 0.717) is 34.9 Å². The monoisotopic (exact) mass is 458 g/mol. The molecular weight excluding hydrogens is 432 g/mol. The summed E-state index contributed by atoms with van der Waals surface area (Å²) in [6, 6.07) is 14.7. The molecule has 2 heterocycles. The number of pyridine rings is 1. The Morgan fingerprint density at radius 3 is 2.50 bits per heavy atom. The van der Waals surface area contributed by atoms with E-state index in [1.165, 1.54) is 4.90 Å². The zero-order chi connectivity index (χ0) is 24.2. The van der Waals surface area contributed by atoms with Crippen molar-refractivity contribution in [3.8, 4) is 11.5 Å². The van der Waals surface area contributed by atoms with Crippen molar-refractivity contribution in [1.82, 2.24) is 4.98 Å². The van der Waals surface area contributed by atoms with Crippen molar-refractivity contribution >= 4 is 23.1 Å². The summed E-state index contributed by atoms with van der Waals surface area (Å²) in [4.78, 5) is 32.0. The molecule has 0 bridgehead atoms. The number of nitrogens with zero attached hydrogens (tertiary/aromatic N) is 2. The Balaban J connectivity index is 1.84. The average Bonchev–Trinajstić information content (AvgIpc) is 3.13. The van der Waals surface area contributed by atoms with Gasteiger partial charge in [0.2, 0.25) is 0 Å². The lowest BCUT2D eigenvalue weighted by Gasteiger charge is -2.25. The number of amides is 1. The van der Waals surface area contributed by atoms with Crippen molar-refractivity contribution in [2.45, 2.75) is 26.3 Å². The van der Waals surface area contributed by atoms with Crippen LogP contribution in [0.15, 0.2) is 72.6 Å². The molecular formula is C27H26N2O5. The second-order valence-corrected chi connectivity index (χ2v) is 7.98. The van der Waals surface area contributed by atoms with Crippen LogP contribution in [0.1, 0.15) is 36.1 Å². The van der Waals surface area contributed by atoms with Gasteiger partial charge >= 0.3 is 0 Å². The lowest BCUT2D eigenvalue weighted by atomic mass is 9.95. The van der Waals surface area contributed by atoms with Crippen molar-refractivity contribution in [2.75, 3.05) is 18.6 Å². The van der Waals surface area contributed by atoms with Crippen LogP contribution < -0.4 is 14.4 Å². The summed E-state index contributed by atoms with van der Waals surface area (Å²) in [7, 11) is 1.55. The smallest absolute Gasteiger partial charge is 0.300 e. The number of aliphatic hydroxyl groups is 1. The van der Waals surface area contributed by atoms with Crippen LogP contribution >= 0.6 is 0 Å². The summed E-state index contributed by atoms with van der Waals surface area (Å²) in [5, 5.41) is 11.3. The third kappa shape index (κ3) is 4.24. The van der Waals surface area contributed by atoms with Crippen LogP contribution in [0.4, 0.5) is 5.69 Å². The summed E-state index contributed by atoms with van der Waals surface area (Å²) in [6.45, 7) is 4.48. The number of anilines is 1. The molecule has 2 aromatic carbocycles. The molecule has 0 radical (unpaired) electrons. The maximum atomic E-state index is 13.2. The first-order valence-electron chi connectivity index (χ1n) is 11.0. The zero-order valence-corrected chi connectivity index (χ0v) is 19.3. The highest BCUT2D eigenvalue weighted by Crippen LogP contribution is 2.42. The normalized spacial score (nSPS) is 17.1. The fourth-order valence-corrected chi connectivity index (χ4v) is 4.02. The molecule has 0 aliphatic carbocycles. The number of hydrogen-bond acceptors (Lipinski definition) is 6. The van der Waals surface area contributed by atoms with Gasteiger partial charge in [0.05, 0.1) is 25.3 Å². The molecule has 0 spiro atoms. The van der Waals surface area contributed by atoms with Gasteiger partial charge in [-0.05, 0) is 73.0 Å². The van der Waals surface area contributed by atoms with Gasteiger partial charge in [0.1, 0.15) is 17.3 Å². The number of hydrogen-bond donors (Lipinski definition) is 1. The highest BCUT2D eigenvalue weighted by Gasteiger charge is 2.47. The quantitative estimate of drug-likeness (QED) is 0.310. The minimum absolute atomic E-state index is 0.00967. The van der Waals surface area contributed by atoms with E-state index in [2.05, 4.69) is 4.98 Å². The summed E-state index contributed by atoms with van der Waals surface area (Å²) in [5.74, 6) is -0.389. The van der Waals surface area contributed by atoms with E-state index in [1.54, 1.807) is 74.1 Å². The number of Topliss-reactive ketones (excluding diaryl/α,β-unsaturated/α-hetero) is 1. The third-order valence-corrected chi connectivity index (χ3v) is 5.71. The van der Waals surface area contributed by atoms with Gasteiger partial charge in [-0.2, -0.15) is 0 Å². The number of ether oxygens (including phenoxy) is 2. The molecule has 1 unspecified atom stereocenters. The standard InChI is InChI=1S/C27H26N2O5/c1-4-14-34-22-12-7-18(15-17(22)2)25(30)23-24(19-6-5-13-28-16-19)29(27(32)26(23)31)20-8-10-21(33-3)11-9-20/h5-13,15-16,24,30H,4,14H2,1-3H3/b25-23-. The van der Waals surface area contributed by atoms with Crippen molar-refractivity contribution in [3.63, 3.8) is 0 Å². The number of carbonyl (C=O) groups is 2. The Morgan fingerprint density at radius 2 is 1.88 bits per heavy atom. The van der Waals surface area contributed by atoms with Crippen LogP contribution in [0, 0.1) is 6.92 Å². The van der Waals surface area contributed by atoms with Gasteiger partial charge < -0.3 is 14.6 Å². The average molecular weight is 459 g/mol. The molecule has 1 atom stereocenters. The molecule has 7 nitrogen and oxygen atoms in total. The fraction of sp³-hybridized carbons (Fsp3) is 0.222. The third-order valence-electron chi connectivity index (χ3n) is 5.71. The van der Waals surface area contributed by atoms with Crippen LogP contribution in [0.3, 0.4) is 0 Å². The second kappa shape index (κ2) is 9.79. The first-order valence-corrected chi connectivity index (χ1v) is 11.0. The van der Waals surface area contributed by atoms with Gasteiger partial charge in [-0.1, -0.05) is 13.0 Å². The Bertz CT molecular complexity index is 1240. The molecule has 7 heteroatoms. The lowest BCUT2D eigenvalue weighted by molar-refractivity contribution is -0.132. The topological polar surface area (TPSA) is 89.0 Å². The largest absolute Gasteiger partial charge is 0.507 e. The number of aromatic nitrogens is 1. The van der Waals surface area contributed by atoms with Crippen LogP contribution in [0.5, 0.6) is 11.5 Å². The van der Waals surface area contributed by atoms with Crippen molar-refractivity contribution in [2.24, 2.45) is 0 Å². The van der Waals surface area contributed by atoms with E-state index in [1.807, 2.05) is 13.8 Å². The maximum Gasteiger partial charge on any atom is 0.300 e. The van der Waals surface area contributed by atoms with Gasteiger partial charge in [0, 0.05) is 23.6 Å². The van der Waals surface area contributed by atoms with Crippen LogP contribution in [-0.2, 0) is 9.59 Å². The number of aliphatic hydroxyl groups excluding tert-OH is 1.